The van der Waals surface area contributed by atoms with Gasteiger partial charge in [-0.1, -0.05) is 12.1 Å². The molecular weight excluding hydrogens is 446 g/mol. The fourth-order valence-corrected chi connectivity index (χ4v) is 5.17. The lowest BCUT2D eigenvalue weighted by molar-refractivity contribution is -0.0282. The van der Waals surface area contributed by atoms with Crippen LogP contribution in [-0.4, -0.2) is 86.1 Å². The largest absolute Gasteiger partial charge is 0.388 e. The third kappa shape index (κ3) is 4.68. The molecule has 0 bridgehead atoms. The maximum Gasteiger partial charge on any atom is 0.319 e. The summed E-state index contributed by atoms with van der Waals surface area (Å²) in [6.07, 6.45) is 6.12. The molecule has 2 N–H and O–H groups in total. The van der Waals surface area contributed by atoms with Crippen LogP contribution in [-0.2, 0) is 6.54 Å². The smallest absolute Gasteiger partial charge is 0.319 e. The van der Waals surface area contributed by atoms with Gasteiger partial charge >= 0.3 is 6.03 Å². The maximum absolute atomic E-state index is 13.2. The van der Waals surface area contributed by atoms with E-state index in [9.17, 15) is 14.7 Å². The molecule has 2 aliphatic rings. The van der Waals surface area contributed by atoms with Gasteiger partial charge < -0.3 is 20.2 Å². The van der Waals surface area contributed by atoms with Crippen molar-refractivity contribution in [3.63, 3.8) is 0 Å². The highest BCUT2D eigenvalue weighted by Gasteiger charge is 2.35. The van der Waals surface area contributed by atoms with Gasteiger partial charge in [-0.05, 0) is 62.4 Å². The van der Waals surface area contributed by atoms with Crippen molar-refractivity contribution < 1.29 is 9.90 Å². The second-order valence-electron chi connectivity index (χ2n) is 9.98. The van der Waals surface area contributed by atoms with Crippen LogP contribution < -0.4 is 10.9 Å². The Morgan fingerprint density at radius 3 is 2.51 bits per heavy atom. The lowest BCUT2D eigenvalue weighted by Crippen LogP contribution is -2.51. The Hall–Kier alpha value is -3.24. The Labute approximate surface area is 204 Å². The highest BCUT2D eigenvalue weighted by Crippen LogP contribution is 2.27. The molecule has 2 aliphatic heterocycles. The van der Waals surface area contributed by atoms with Crippen molar-refractivity contribution in [2.24, 2.45) is 0 Å². The molecule has 35 heavy (non-hydrogen) atoms. The van der Waals surface area contributed by atoms with Gasteiger partial charge in [-0.25, -0.2) is 14.5 Å². The van der Waals surface area contributed by atoms with Gasteiger partial charge in [0.05, 0.1) is 24.0 Å². The zero-order valence-electron chi connectivity index (χ0n) is 20.4. The number of nitrogens with zero attached hydrogens (tertiary/aromatic N) is 6. The topological polar surface area (TPSA) is 109 Å². The predicted molar refractivity (Wildman–Crippen MR) is 133 cm³/mol. The van der Waals surface area contributed by atoms with E-state index in [-0.39, 0.29) is 18.1 Å². The molecular formula is C25H33N7O3. The lowest BCUT2D eigenvalue weighted by Gasteiger charge is -2.39. The number of aromatic nitrogens is 4. The van der Waals surface area contributed by atoms with Crippen LogP contribution in [0.2, 0.25) is 0 Å². The van der Waals surface area contributed by atoms with Crippen molar-refractivity contribution in [1.29, 1.82) is 0 Å². The molecule has 10 nitrogen and oxygen atoms in total. The lowest BCUT2D eigenvalue weighted by atomic mass is 9.90. The zero-order chi connectivity index (χ0) is 24.6. The van der Waals surface area contributed by atoms with E-state index >= 15 is 0 Å². The molecule has 0 radical (unpaired) electrons. The zero-order valence-corrected chi connectivity index (χ0v) is 20.4. The van der Waals surface area contributed by atoms with Crippen LogP contribution in [0.3, 0.4) is 0 Å². The molecule has 0 saturated carbocycles. The average Bonchev–Trinajstić information content (AvgIpc) is 3.31. The second kappa shape index (κ2) is 9.43. The Balaban J connectivity index is 1.33. The fraction of sp³-hybridized carbons (Fsp3) is 0.520. The Morgan fingerprint density at radius 1 is 1.17 bits per heavy atom. The number of amides is 2. The second-order valence-corrected chi connectivity index (χ2v) is 9.98. The summed E-state index contributed by atoms with van der Waals surface area (Å²) in [6.45, 7) is 3.13. The number of hydrogen-bond donors (Lipinski definition) is 2. The summed E-state index contributed by atoms with van der Waals surface area (Å²) in [5, 5.41) is 19.4. The van der Waals surface area contributed by atoms with Crippen molar-refractivity contribution in [3.8, 4) is 5.69 Å². The number of likely N-dealkylation sites (tertiary alicyclic amines) is 1. The Morgan fingerprint density at radius 2 is 1.86 bits per heavy atom. The third-order valence-electron chi connectivity index (χ3n) is 7.31. The first kappa shape index (κ1) is 23.5. The van der Waals surface area contributed by atoms with Crippen LogP contribution in [0.4, 0.5) is 4.79 Å². The molecule has 2 fully saturated rings. The quantitative estimate of drug-likeness (QED) is 0.588. The predicted octanol–water partition coefficient (Wildman–Crippen LogP) is 1.56. The number of carbonyl (C=O) groups is 1. The minimum atomic E-state index is -1.07. The van der Waals surface area contributed by atoms with Crippen molar-refractivity contribution in [3.05, 3.63) is 52.7 Å². The number of carbonyl (C=O) groups excluding carboxylic acids is 1. The number of fused-ring (bicyclic) bond motifs is 1. The van der Waals surface area contributed by atoms with Crippen LogP contribution in [0.5, 0.6) is 0 Å². The molecule has 0 spiro atoms. The van der Waals surface area contributed by atoms with E-state index in [1.807, 2.05) is 12.1 Å². The van der Waals surface area contributed by atoms with E-state index < -0.39 is 5.60 Å². The summed E-state index contributed by atoms with van der Waals surface area (Å²) < 4.78 is 3.14. The van der Waals surface area contributed by atoms with Crippen molar-refractivity contribution in [2.45, 2.75) is 43.7 Å². The summed E-state index contributed by atoms with van der Waals surface area (Å²) in [5.41, 5.74) is 1.39. The monoisotopic (exact) mass is 479 g/mol. The van der Waals surface area contributed by atoms with E-state index in [0.717, 1.165) is 31.6 Å². The number of hydrogen-bond acceptors (Lipinski definition) is 6. The molecule has 5 rings (SSSR count). The van der Waals surface area contributed by atoms with Gasteiger partial charge in [-0.2, -0.15) is 5.10 Å². The SMILES string of the molecule is CN(C)C(=O)N1CCC(O)(Cn2cnc3c(cnn3-c3ccc(C4CCNCC4)cc3)c2=O)CC1. The molecule has 1 aromatic carbocycles. The number of rotatable bonds is 4. The Bertz CT molecular complexity index is 1250. The van der Waals surface area contributed by atoms with E-state index in [0.29, 0.717) is 42.9 Å². The van der Waals surface area contributed by atoms with Crippen LogP contribution in [0, 0.1) is 0 Å². The minimum absolute atomic E-state index is 0.0662. The molecule has 0 atom stereocenters. The average molecular weight is 480 g/mol. The number of aliphatic hydroxyl groups is 1. The summed E-state index contributed by atoms with van der Waals surface area (Å²) in [4.78, 5) is 33.2. The normalized spacial score (nSPS) is 18.7. The standard InChI is InChI=1S/C25H33N7O3/c1-29(2)24(34)30-13-9-25(35,10-14-30)16-31-17-27-22-21(23(31)33)15-28-32(22)20-5-3-18(4-6-20)19-7-11-26-12-8-19/h3-6,15,17,19,26,35H,7-14,16H2,1-2H3. The maximum atomic E-state index is 13.2. The summed E-state index contributed by atoms with van der Waals surface area (Å²) in [5.74, 6) is 0.573. The van der Waals surface area contributed by atoms with Gasteiger partial charge in [0, 0.05) is 27.2 Å². The van der Waals surface area contributed by atoms with Crippen LogP contribution in [0.15, 0.2) is 41.6 Å². The first-order valence-corrected chi connectivity index (χ1v) is 12.3. The van der Waals surface area contributed by atoms with E-state index in [1.165, 1.54) is 21.4 Å². The molecule has 4 heterocycles. The molecule has 10 heteroatoms. The van der Waals surface area contributed by atoms with Crippen LogP contribution in [0.25, 0.3) is 16.7 Å². The van der Waals surface area contributed by atoms with Crippen LogP contribution >= 0.6 is 0 Å². The highest BCUT2D eigenvalue weighted by molar-refractivity contribution is 5.75. The van der Waals surface area contributed by atoms with Crippen molar-refractivity contribution in [2.75, 3.05) is 40.3 Å². The van der Waals surface area contributed by atoms with Crippen molar-refractivity contribution >= 4 is 17.1 Å². The number of urea groups is 1. The summed E-state index contributed by atoms with van der Waals surface area (Å²) in [7, 11) is 3.43. The molecule has 186 valence electrons. The molecule has 0 aliphatic carbocycles. The van der Waals surface area contributed by atoms with Gasteiger partial charge in [0.1, 0.15) is 11.7 Å². The summed E-state index contributed by atoms with van der Waals surface area (Å²) in [6, 6.07) is 8.28. The van der Waals surface area contributed by atoms with Gasteiger partial charge in [-0.15, -0.1) is 0 Å². The van der Waals surface area contributed by atoms with Crippen molar-refractivity contribution in [1.82, 2.24) is 34.4 Å². The van der Waals surface area contributed by atoms with Gasteiger partial charge in [-0.3, -0.25) is 9.36 Å². The molecule has 2 aromatic heterocycles. The van der Waals surface area contributed by atoms with E-state index in [4.69, 9.17) is 0 Å². The van der Waals surface area contributed by atoms with E-state index in [1.54, 1.807) is 29.9 Å². The van der Waals surface area contributed by atoms with Gasteiger partial charge in [0.25, 0.3) is 5.56 Å². The highest BCUT2D eigenvalue weighted by atomic mass is 16.3. The molecule has 0 unspecified atom stereocenters. The fourth-order valence-electron chi connectivity index (χ4n) is 5.17. The molecule has 3 aromatic rings. The number of piperidine rings is 2. The summed E-state index contributed by atoms with van der Waals surface area (Å²) >= 11 is 0. The third-order valence-corrected chi connectivity index (χ3v) is 7.31. The molecule has 2 saturated heterocycles. The van der Waals surface area contributed by atoms with Gasteiger partial charge in [0.2, 0.25) is 0 Å². The molecule has 2 amide bonds. The number of nitrogens with one attached hydrogen (secondary N) is 1. The van der Waals surface area contributed by atoms with E-state index in [2.05, 4.69) is 27.5 Å². The Kier molecular flexibility index (Phi) is 6.33. The minimum Gasteiger partial charge on any atom is -0.388 e. The van der Waals surface area contributed by atoms with Crippen LogP contribution in [0.1, 0.15) is 37.2 Å². The first-order valence-electron chi connectivity index (χ1n) is 12.3. The van der Waals surface area contributed by atoms with Gasteiger partial charge in [0.15, 0.2) is 5.65 Å². The first-order chi connectivity index (χ1) is 16.8. The number of benzene rings is 1.